The van der Waals surface area contributed by atoms with E-state index in [2.05, 4.69) is 10.4 Å². The zero-order valence-corrected chi connectivity index (χ0v) is 12.2. The first-order valence-corrected chi connectivity index (χ1v) is 6.96. The predicted molar refractivity (Wildman–Crippen MR) is 79.6 cm³/mol. The van der Waals surface area contributed by atoms with E-state index in [0.29, 0.717) is 5.56 Å². The monoisotopic (exact) mass is 285 g/mol. The highest BCUT2D eigenvalue weighted by Crippen LogP contribution is 2.20. The molecular weight excluding hydrogens is 266 g/mol. The summed E-state index contributed by atoms with van der Waals surface area (Å²) in [7, 11) is 0. The lowest BCUT2D eigenvalue weighted by atomic mass is 10.0. The van der Waals surface area contributed by atoms with E-state index < -0.39 is 0 Å². The molecule has 0 bridgehead atoms. The fourth-order valence-corrected chi connectivity index (χ4v) is 2.14. The minimum atomic E-state index is -0.372. The maximum atomic E-state index is 12.1. The van der Waals surface area contributed by atoms with Crippen LogP contribution in [0.25, 0.3) is 0 Å². The summed E-state index contributed by atoms with van der Waals surface area (Å²) in [5, 5.41) is 6.60. The van der Waals surface area contributed by atoms with Gasteiger partial charge in [0.15, 0.2) is 0 Å². The summed E-state index contributed by atoms with van der Waals surface area (Å²) < 4.78 is 1.76. The van der Waals surface area contributed by atoms with Crippen LogP contribution in [0.3, 0.4) is 0 Å². The van der Waals surface area contributed by atoms with Gasteiger partial charge in [-0.2, -0.15) is 5.10 Å². The topological polar surface area (TPSA) is 64.0 Å². The number of aromatic nitrogens is 2. The second-order valence-electron chi connectivity index (χ2n) is 5.24. The number of nitrogens with one attached hydrogen (secondary N) is 1. The minimum Gasteiger partial charge on any atom is -0.292 e. The second kappa shape index (κ2) is 6.83. The van der Waals surface area contributed by atoms with Gasteiger partial charge in [0.1, 0.15) is 0 Å². The highest BCUT2D eigenvalue weighted by molar-refractivity contribution is 6.04. The van der Waals surface area contributed by atoms with Crippen molar-refractivity contribution < 1.29 is 9.59 Å². The van der Waals surface area contributed by atoms with E-state index in [1.54, 1.807) is 35.1 Å². The van der Waals surface area contributed by atoms with E-state index in [1.807, 2.05) is 32.2 Å². The zero-order chi connectivity index (χ0) is 15.2. The number of nitrogens with zero attached hydrogens (tertiary/aromatic N) is 2. The molecule has 2 amide bonds. The Morgan fingerprint density at radius 2 is 1.90 bits per heavy atom. The van der Waals surface area contributed by atoms with Gasteiger partial charge in [-0.15, -0.1) is 0 Å². The number of rotatable bonds is 5. The van der Waals surface area contributed by atoms with E-state index in [9.17, 15) is 9.59 Å². The van der Waals surface area contributed by atoms with Gasteiger partial charge in [0.2, 0.25) is 5.91 Å². The Labute approximate surface area is 124 Å². The molecule has 0 aliphatic heterocycles. The van der Waals surface area contributed by atoms with Crippen molar-refractivity contribution >= 4 is 11.8 Å². The van der Waals surface area contributed by atoms with Crippen molar-refractivity contribution in [2.45, 2.75) is 26.3 Å². The highest BCUT2D eigenvalue weighted by atomic mass is 16.2. The molecular formula is C16H19N3O2. The largest absolute Gasteiger partial charge is 0.292 e. The Morgan fingerprint density at radius 3 is 2.48 bits per heavy atom. The fourth-order valence-electron chi connectivity index (χ4n) is 2.14. The van der Waals surface area contributed by atoms with Crippen LogP contribution in [0.2, 0.25) is 0 Å². The fraction of sp³-hybridized carbons (Fsp3) is 0.312. The molecule has 1 aromatic carbocycles. The normalized spacial score (nSPS) is 12.1. The van der Waals surface area contributed by atoms with Crippen LogP contribution in [0, 0.1) is 5.92 Å². The molecule has 0 spiro atoms. The molecule has 110 valence electrons. The van der Waals surface area contributed by atoms with Crippen molar-refractivity contribution in [3.8, 4) is 0 Å². The highest BCUT2D eigenvalue weighted by Gasteiger charge is 2.21. The van der Waals surface area contributed by atoms with E-state index >= 15 is 0 Å². The number of amides is 2. The summed E-state index contributed by atoms with van der Waals surface area (Å²) in [6.45, 7) is 4.05. The molecule has 1 N–H and O–H groups in total. The van der Waals surface area contributed by atoms with Crippen molar-refractivity contribution in [3.05, 3.63) is 54.4 Å². The van der Waals surface area contributed by atoms with Crippen molar-refractivity contribution in [3.63, 3.8) is 0 Å². The molecule has 0 saturated carbocycles. The van der Waals surface area contributed by atoms with Gasteiger partial charge in [-0.3, -0.25) is 19.6 Å². The van der Waals surface area contributed by atoms with E-state index in [-0.39, 0.29) is 30.2 Å². The minimum absolute atomic E-state index is 0.0661. The average molecular weight is 285 g/mol. The van der Waals surface area contributed by atoms with Crippen LogP contribution >= 0.6 is 0 Å². The molecule has 1 atom stereocenters. The molecule has 0 fully saturated rings. The van der Waals surface area contributed by atoms with Crippen molar-refractivity contribution in [2.75, 3.05) is 0 Å². The number of imide groups is 1. The third kappa shape index (κ3) is 4.02. The first kappa shape index (κ1) is 15.0. The van der Waals surface area contributed by atoms with Crippen LogP contribution in [0.1, 0.15) is 36.7 Å². The average Bonchev–Trinajstić information content (AvgIpc) is 2.99. The van der Waals surface area contributed by atoms with Crippen LogP contribution in [-0.2, 0) is 4.79 Å². The first-order valence-electron chi connectivity index (χ1n) is 6.96. The van der Waals surface area contributed by atoms with Crippen molar-refractivity contribution in [2.24, 2.45) is 5.92 Å². The van der Waals surface area contributed by atoms with Gasteiger partial charge in [-0.05, 0) is 24.1 Å². The number of hydrogen-bond donors (Lipinski definition) is 1. The van der Waals surface area contributed by atoms with Gasteiger partial charge >= 0.3 is 0 Å². The number of carbonyl (C=O) groups is 2. The van der Waals surface area contributed by atoms with Gasteiger partial charge in [-0.1, -0.05) is 32.0 Å². The predicted octanol–water partition coefficient (Wildman–Crippen LogP) is 2.43. The first-order chi connectivity index (χ1) is 10.1. The molecule has 1 heterocycles. The number of hydrogen-bond acceptors (Lipinski definition) is 3. The molecule has 1 unspecified atom stereocenters. The van der Waals surface area contributed by atoms with Gasteiger partial charge < -0.3 is 0 Å². The summed E-state index contributed by atoms with van der Waals surface area (Å²) in [6, 6.07) is 10.5. The van der Waals surface area contributed by atoms with Crippen LogP contribution in [-0.4, -0.2) is 21.6 Å². The lowest BCUT2D eigenvalue weighted by molar-refractivity contribution is -0.121. The molecule has 2 aromatic rings. The van der Waals surface area contributed by atoms with Gasteiger partial charge in [0.25, 0.3) is 5.91 Å². The zero-order valence-electron chi connectivity index (χ0n) is 12.2. The number of carbonyl (C=O) groups excluding carboxylic acids is 2. The smallest absolute Gasteiger partial charge is 0.257 e. The number of benzene rings is 1. The van der Waals surface area contributed by atoms with Gasteiger partial charge in [0.05, 0.1) is 6.04 Å². The molecule has 21 heavy (non-hydrogen) atoms. The third-order valence-electron chi connectivity index (χ3n) is 3.32. The summed E-state index contributed by atoms with van der Waals surface area (Å²) in [5.74, 6) is -0.427. The van der Waals surface area contributed by atoms with E-state index in [1.165, 1.54) is 0 Å². The van der Waals surface area contributed by atoms with Crippen LogP contribution in [0.5, 0.6) is 0 Å². The molecule has 0 saturated heterocycles. The van der Waals surface area contributed by atoms with Crippen LogP contribution in [0.15, 0.2) is 48.8 Å². The Bertz CT molecular complexity index is 591. The molecule has 5 heteroatoms. The molecule has 5 nitrogen and oxygen atoms in total. The Balaban J connectivity index is 1.99. The summed E-state index contributed by atoms with van der Waals surface area (Å²) in [6.07, 6.45) is 3.73. The third-order valence-corrected chi connectivity index (χ3v) is 3.32. The molecule has 0 aliphatic carbocycles. The Hall–Kier alpha value is -2.43. The Kier molecular flexibility index (Phi) is 4.87. The van der Waals surface area contributed by atoms with Crippen LogP contribution in [0.4, 0.5) is 0 Å². The molecule has 0 radical (unpaired) electrons. The summed E-state index contributed by atoms with van der Waals surface area (Å²) in [5.41, 5.74) is 0.478. The summed E-state index contributed by atoms with van der Waals surface area (Å²) in [4.78, 5) is 24.0. The van der Waals surface area contributed by atoms with Crippen molar-refractivity contribution in [1.82, 2.24) is 15.1 Å². The quantitative estimate of drug-likeness (QED) is 0.917. The maximum absolute atomic E-state index is 12.1. The second-order valence-corrected chi connectivity index (χ2v) is 5.24. The Morgan fingerprint density at radius 1 is 1.19 bits per heavy atom. The standard InChI is InChI=1S/C16H19N3O2/c1-12(2)14(19-10-6-9-17-19)11-15(20)18-16(21)13-7-4-3-5-8-13/h3-10,12,14H,11H2,1-2H3,(H,18,20,21). The van der Waals surface area contributed by atoms with Crippen molar-refractivity contribution in [1.29, 1.82) is 0 Å². The van der Waals surface area contributed by atoms with E-state index in [0.717, 1.165) is 0 Å². The molecule has 2 rings (SSSR count). The lowest BCUT2D eigenvalue weighted by Crippen LogP contribution is -2.33. The lowest BCUT2D eigenvalue weighted by Gasteiger charge is -2.20. The maximum Gasteiger partial charge on any atom is 0.257 e. The van der Waals surface area contributed by atoms with Gasteiger partial charge in [-0.25, -0.2) is 0 Å². The van der Waals surface area contributed by atoms with Gasteiger partial charge in [0, 0.05) is 24.4 Å². The molecule has 1 aromatic heterocycles. The molecule has 0 aliphatic rings. The van der Waals surface area contributed by atoms with Crippen LogP contribution < -0.4 is 5.32 Å². The van der Waals surface area contributed by atoms with E-state index in [4.69, 9.17) is 0 Å². The SMILES string of the molecule is CC(C)C(CC(=O)NC(=O)c1ccccc1)n1cccn1. The summed E-state index contributed by atoms with van der Waals surface area (Å²) >= 11 is 0.